The lowest BCUT2D eigenvalue weighted by molar-refractivity contribution is -0.118. The largest absolute Gasteiger partial charge is 0.368 e. The second kappa shape index (κ2) is 7.47. The number of nitrogens with two attached hydrogens (primary N) is 1. The summed E-state index contributed by atoms with van der Waals surface area (Å²) in [5, 5.41) is 4.08. The molecule has 6 nitrogen and oxygen atoms in total. The number of carbonyl (C=O) groups is 1. The van der Waals surface area contributed by atoms with E-state index in [-0.39, 0.29) is 23.8 Å². The van der Waals surface area contributed by atoms with Gasteiger partial charge in [-0.15, -0.1) is 0 Å². The van der Waals surface area contributed by atoms with E-state index in [1.807, 2.05) is 18.2 Å². The number of amides is 1. The molecular weight excluding hydrogens is 398 g/mol. The second-order valence-corrected chi connectivity index (χ2v) is 10.1. The molecule has 2 heterocycles. The Hall–Kier alpha value is -3.15. The van der Waals surface area contributed by atoms with Crippen LogP contribution in [0.25, 0.3) is 11.3 Å². The van der Waals surface area contributed by atoms with E-state index in [0.29, 0.717) is 0 Å². The number of carbonyl (C=O) groups excluding carboxylic acids is 1. The molecule has 32 heavy (non-hydrogen) atoms. The monoisotopic (exact) mass is 427 g/mol. The summed E-state index contributed by atoms with van der Waals surface area (Å²) >= 11 is 0. The summed E-state index contributed by atoms with van der Waals surface area (Å²) in [5.74, 6) is 2.37. The van der Waals surface area contributed by atoms with Gasteiger partial charge >= 0.3 is 0 Å². The molecule has 6 heteroatoms. The van der Waals surface area contributed by atoms with Crippen LogP contribution in [0.2, 0.25) is 0 Å². The third-order valence-electron chi connectivity index (χ3n) is 7.90. The van der Waals surface area contributed by atoms with E-state index in [9.17, 15) is 4.79 Å². The quantitative estimate of drug-likeness (QED) is 0.500. The van der Waals surface area contributed by atoms with E-state index < -0.39 is 0 Å². The van der Waals surface area contributed by atoms with E-state index in [1.54, 1.807) is 18.5 Å². The number of hydrogen-bond acceptors (Lipinski definition) is 2. The van der Waals surface area contributed by atoms with Crippen molar-refractivity contribution >= 4 is 11.9 Å². The zero-order valence-electron chi connectivity index (χ0n) is 18.2. The molecule has 1 aromatic carbocycles. The molecule has 0 aliphatic heterocycles. The Bertz CT molecular complexity index is 1120. The maximum absolute atomic E-state index is 13.0. The van der Waals surface area contributed by atoms with Crippen molar-refractivity contribution in [3.8, 4) is 11.3 Å². The van der Waals surface area contributed by atoms with Crippen LogP contribution in [0.15, 0.2) is 65.9 Å². The highest BCUT2D eigenvalue weighted by atomic mass is 16.1. The van der Waals surface area contributed by atoms with Gasteiger partial charge in [-0.2, -0.15) is 10.1 Å². The third kappa shape index (κ3) is 3.29. The molecule has 0 spiro atoms. The SMILES string of the molecule is NC(=NC(=O)Cn1c(-c2ccccc2)ccc1C12CC3CC(CC(C3)C1)C2)n1cccn1. The molecule has 7 rings (SSSR count). The first-order valence-corrected chi connectivity index (χ1v) is 11.7. The lowest BCUT2D eigenvalue weighted by Gasteiger charge is -2.57. The van der Waals surface area contributed by atoms with Gasteiger partial charge in [-0.05, 0) is 80.0 Å². The van der Waals surface area contributed by atoms with Crippen molar-refractivity contribution in [2.45, 2.75) is 50.5 Å². The number of nitrogens with zero attached hydrogens (tertiary/aromatic N) is 4. The summed E-state index contributed by atoms with van der Waals surface area (Å²) in [5.41, 5.74) is 9.74. The molecule has 1 amide bonds. The average Bonchev–Trinajstić information content (AvgIpc) is 3.44. The van der Waals surface area contributed by atoms with Gasteiger partial charge in [0.2, 0.25) is 5.96 Å². The Labute approximate surface area is 188 Å². The molecule has 0 saturated heterocycles. The first-order chi connectivity index (χ1) is 15.6. The van der Waals surface area contributed by atoms with Crippen LogP contribution < -0.4 is 5.73 Å². The standard InChI is InChI=1S/C26H29N5O/c27-25(31-10-4-9-28-31)29-24(32)17-30-22(21-5-2-1-3-6-21)7-8-23(30)26-14-18-11-19(15-26)13-20(12-18)16-26/h1-10,18-20H,11-17H2,(H2,27,29,32). The molecule has 4 aliphatic carbocycles. The van der Waals surface area contributed by atoms with Gasteiger partial charge in [-0.1, -0.05) is 30.3 Å². The van der Waals surface area contributed by atoms with Gasteiger partial charge < -0.3 is 10.3 Å². The van der Waals surface area contributed by atoms with Crippen LogP contribution in [0.4, 0.5) is 0 Å². The Kier molecular flexibility index (Phi) is 4.56. The second-order valence-electron chi connectivity index (χ2n) is 10.1. The van der Waals surface area contributed by atoms with Gasteiger partial charge in [0, 0.05) is 29.2 Å². The van der Waals surface area contributed by atoms with E-state index in [2.05, 4.69) is 38.9 Å². The fraction of sp³-hybridized carbons (Fsp3) is 0.423. The average molecular weight is 428 g/mol. The van der Waals surface area contributed by atoms with Crippen molar-refractivity contribution < 1.29 is 4.79 Å². The minimum Gasteiger partial charge on any atom is -0.368 e. The van der Waals surface area contributed by atoms with Crippen molar-refractivity contribution in [1.82, 2.24) is 14.3 Å². The lowest BCUT2D eigenvalue weighted by atomic mass is 9.49. The Balaban J connectivity index is 1.39. The van der Waals surface area contributed by atoms with Crippen molar-refractivity contribution in [2.75, 3.05) is 0 Å². The van der Waals surface area contributed by atoms with Crippen LogP contribution in [0, 0.1) is 17.8 Å². The predicted molar refractivity (Wildman–Crippen MR) is 124 cm³/mol. The Morgan fingerprint density at radius 1 is 1.00 bits per heavy atom. The van der Waals surface area contributed by atoms with Gasteiger partial charge in [-0.25, -0.2) is 4.68 Å². The van der Waals surface area contributed by atoms with Gasteiger partial charge in [0.15, 0.2) is 0 Å². The molecule has 3 aromatic rings. The van der Waals surface area contributed by atoms with Crippen molar-refractivity contribution in [3.63, 3.8) is 0 Å². The maximum Gasteiger partial charge on any atom is 0.268 e. The van der Waals surface area contributed by atoms with Crippen LogP contribution in [0.1, 0.15) is 44.2 Å². The van der Waals surface area contributed by atoms with Crippen molar-refractivity contribution in [2.24, 2.45) is 28.5 Å². The number of hydrogen-bond donors (Lipinski definition) is 1. The van der Waals surface area contributed by atoms with Crippen LogP contribution >= 0.6 is 0 Å². The number of rotatable bonds is 4. The summed E-state index contributed by atoms with van der Waals surface area (Å²) < 4.78 is 3.65. The topological polar surface area (TPSA) is 78.2 Å². The van der Waals surface area contributed by atoms with E-state index in [0.717, 1.165) is 29.0 Å². The minimum absolute atomic E-state index is 0.102. The number of benzene rings is 1. The molecule has 164 valence electrons. The molecule has 4 aliphatic rings. The fourth-order valence-corrected chi connectivity index (χ4v) is 7.14. The lowest BCUT2D eigenvalue weighted by Crippen LogP contribution is -2.49. The fourth-order valence-electron chi connectivity index (χ4n) is 7.14. The van der Waals surface area contributed by atoms with Crippen LogP contribution in [0.3, 0.4) is 0 Å². The molecule has 0 radical (unpaired) electrons. The summed E-state index contributed by atoms with van der Waals surface area (Å²) in [7, 11) is 0. The first kappa shape index (κ1) is 19.5. The van der Waals surface area contributed by atoms with E-state index >= 15 is 0 Å². The molecule has 0 unspecified atom stereocenters. The highest BCUT2D eigenvalue weighted by Gasteiger charge is 2.52. The zero-order chi connectivity index (χ0) is 21.7. The highest BCUT2D eigenvalue weighted by molar-refractivity contribution is 5.93. The van der Waals surface area contributed by atoms with E-state index in [4.69, 9.17) is 5.73 Å². The van der Waals surface area contributed by atoms with Crippen LogP contribution in [-0.2, 0) is 16.8 Å². The minimum atomic E-state index is -0.252. The maximum atomic E-state index is 13.0. The van der Waals surface area contributed by atoms with Gasteiger partial charge in [-0.3, -0.25) is 4.79 Å². The summed E-state index contributed by atoms with van der Waals surface area (Å²) in [6.07, 6.45) is 11.3. The zero-order valence-corrected chi connectivity index (χ0v) is 18.2. The molecule has 2 aromatic heterocycles. The summed E-state index contributed by atoms with van der Waals surface area (Å²) in [4.78, 5) is 17.2. The smallest absolute Gasteiger partial charge is 0.268 e. The predicted octanol–water partition coefficient (Wildman–Crippen LogP) is 4.21. The molecule has 4 bridgehead atoms. The third-order valence-corrected chi connectivity index (χ3v) is 7.90. The normalized spacial score (nSPS) is 28.9. The van der Waals surface area contributed by atoms with Crippen LogP contribution in [-0.4, -0.2) is 26.2 Å². The van der Waals surface area contributed by atoms with Gasteiger partial charge in [0.1, 0.15) is 6.54 Å². The molecule has 4 fully saturated rings. The van der Waals surface area contributed by atoms with Gasteiger partial charge in [0.25, 0.3) is 5.91 Å². The number of aliphatic imine (C=N–C) groups is 1. The van der Waals surface area contributed by atoms with Crippen molar-refractivity contribution in [1.29, 1.82) is 0 Å². The summed E-state index contributed by atoms with van der Waals surface area (Å²) in [6.45, 7) is 0.191. The molecular formula is C26H29N5O. The molecule has 2 N–H and O–H groups in total. The van der Waals surface area contributed by atoms with Gasteiger partial charge in [0.05, 0.1) is 0 Å². The van der Waals surface area contributed by atoms with E-state index in [1.165, 1.54) is 48.9 Å². The first-order valence-electron chi connectivity index (χ1n) is 11.7. The molecule has 0 atom stereocenters. The Morgan fingerprint density at radius 2 is 1.69 bits per heavy atom. The summed E-state index contributed by atoms with van der Waals surface area (Å²) in [6, 6.07) is 16.6. The van der Waals surface area contributed by atoms with Crippen LogP contribution in [0.5, 0.6) is 0 Å². The molecule has 4 saturated carbocycles. The highest BCUT2D eigenvalue weighted by Crippen LogP contribution is 2.61. The number of aromatic nitrogens is 3. The Morgan fingerprint density at radius 3 is 2.31 bits per heavy atom. The van der Waals surface area contributed by atoms with Crippen molar-refractivity contribution in [3.05, 3.63) is 66.6 Å².